The maximum absolute atomic E-state index is 13.5. The van der Waals surface area contributed by atoms with Crippen LogP contribution in [-0.2, 0) is 4.79 Å². The molecule has 0 bridgehead atoms. The fourth-order valence-corrected chi connectivity index (χ4v) is 2.12. The third-order valence-corrected chi connectivity index (χ3v) is 3.18. The van der Waals surface area contributed by atoms with Crippen LogP contribution in [0, 0.1) is 12.7 Å². The lowest BCUT2D eigenvalue weighted by molar-refractivity contribution is -0.137. The van der Waals surface area contributed by atoms with Crippen molar-refractivity contribution in [3.8, 4) is 0 Å². The van der Waals surface area contributed by atoms with Gasteiger partial charge in [-0.05, 0) is 40.4 Å². The maximum atomic E-state index is 13.5. The van der Waals surface area contributed by atoms with Gasteiger partial charge in [-0.15, -0.1) is 0 Å². The summed E-state index contributed by atoms with van der Waals surface area (Å²) in [5, 5.41) is 8.54. The van der Waals surface area contributed by atoms with Crippen molar-refractivity contribution >= 4 is 21.9 Å². The highest BCUT2D eigenvalue weighted by Gasteiger charge is 2.15. The van der Waals surface area contributed by atoms with Crippen molar-refractivity contribution in [1.29, 1.82) is 0 Å². The summed E-state index contributed by atoms with van der Waals surface area (Å²) < 4.78 is 13.9. The predicted octanol–water partition coefficient (Wildman–Crippen LogP) is 2.76. The van der Waals surface area contributed by atoms with E-state index in [0.29, 0.717) is 15.6 Å². The quantitative estimate of drug-likeness (QED) is 0.896. The third-order valence-electron chi connectivity index (χ3n) is 2.37. The van der Waals surface area contributed by atoms with Gasteiger partial charge in [0.25, 0.3) is 0 Å². The van der Waals surface area contributed by atoms with Crippen LogP contribution in [0.3, 0.4) is 0 Å². The lowest BCUT2D eigenvalue weighted by Crippen LogP contribution is -2.13. The Kier molecular flexibility index (Phi) is 4.44. The number of rotatable bonds is 4. The molecule has 0 aliphatic rings. The van der Waals surface area contributed by atoms with Gasteiger partial charge in [0.1, 0.15) is 5.82 Å². The van der Waals surface area contributed by atoms with E-state index in [1.807, 2.05) is 0 Å². The molecule has 1 aromatic carbocycles. The van der Waals surface area contributed by atoms with Gasteiger partial charge in [-0.25, -0.2) is 4.39 Å². The maximum Gasteiger partial charge on any atom is 0.303 e. The van der Waals surface area contributed by atoms with Gasteiger partial charge < -0.3 is 10.8 Å². The minimum Gasteiger partial charge on any atom is -0.481 e. The number of hydrogen-bond donors (Lipinski definition) is 2. The second-order valence-electron chi connectivity index (χ2n) is 3.64. The van der Waals surface area contributed by atoms with Crippen molar-refractivity contribution < 1.29 is 14.3 Å². The van der Waals surface area contributed by atoms with E-state index in [0.717, 1.165) is 0 Å². The number of carbonyl (C=O) groups is 1. The van der Waals surface area contributed by atoms with E-state index in [1.165, 1.54) is 0 Å². The van der Waals surface area contributed by atoms with Crippen LogP contribution in [0.4, 0.5) is 4.39 Å². The first-order valence-electron chi connectivity index (χ1n) is 4.85. The van der Waals surface area contributed by atoms with Gasteiger partial charge in [0, 0.05) is 12.5 Å². The first-order valence-corrected chi connectivity index (χ1v) is 5.64. The molecule has 0 amide bonds. The normalized spacial score (nSPS) is 12.5. The van der Waals surface area contributed by atoms with Crippen molar-refractivity contribution in [1.82, 2.24) is 0 Å². The van der Waals surface area contributed by atoms with Crippen molar-refractivity contribution in [3.05, 3.63) is 33.5 Å². The summed E-state index contributed by atoms with van der Waals surface area (Å²) in [6.45, 7) is 1.66. The summed E-state index contributed by atoms with van der Waals surface area (Å²) in [6, 6.07) is 2.88. The fraction of sp³-hybridized carbons (Fsp3) is 0.364. The minimum atomic E-state index is -0.904. The Morgan fingerprint density at radius 2 is 2.25 bits per heavy atom. The Hall–Kier alpha value is -0.940. The summed E-state index contributed by atoms with van der Waals surface area (Å²) in [4.78, 5) is 10.4. The minimum absolute atomic E-state index is 0.0247. The number of benzene rings is 1. The second kappa shape index (κ2) is 5.41. The standard InChI is InChI=1S/C11H13BrFNO2/c1-6-2-3-7(10(12)11(6)13)8(14)4-5-9(15)16/h2-3,8H,4-5,14H2,1H3,(H,15,16). The molecule has 16 heavy (non-hydrogen) atoms. The number of halogens is 2. The Morgan fingerprint density at radius 3 is 2.81 bits per heavy atom. The highest BCUT2D eigenvalue weighted by Crippen LogP contribution is 2.29. The highest BCUT2D eigenvalue weighted by atomic mass is 79.9. The number of carboxylic acid groups (broad SMARTS) is 1. The Morgan fingerprint density at radius 1 is 1.62 bits per heavy atom. The van der Waals surface area contributed by atoms with Gasteiger partial charge in [0.05, 0.1) is 4.47 Å². The van der Waals surface area contributed by atoms with Gasteiger partial charge in [-0.3, -0.25) is 4.79 Å². The van der Waals surface area contributed by atoms with Crippen LogP contribution in [-0.4, -0.2) is 11.1 Å². The molecule has 0 spiro atoms. The Bertz CT molecular complexity index is 409. The van der Waals surface area contributed by atoms with E-state index >= 15 is 0 Å². The molecular weight excluding hydrogens is 277 g/mol. The molecule has 0 fully saturated rings. The van der Waals surface area contributed by atoms with Crippen LogP contribution in [0.5, 0.6) is 0 Å². The van der Waals surface area contributed by atoms with Crippen molar-refractivity contribution in [3.63, 3.8) is 0 Å². The average Bonchev–Trinajstić information content (AvgIpc) is 2.23. The van der Waals surface area contributed by atoms with E-state index in [4.69, 9.17) is 10.8 Å². The number of hydrogen-bond acceptors (Lipinski definition) is 2. The number of aliphatic carboxylic acids is 1. The predicted molar refractivity (Wildman–Crippen MR) is 62.6 cm³/mol. The number of carboxylic acids is 1. The van der Waals surface area contributed by atoms with Crippen molar-refractivity contribution in [2.45, 2.75) is 25.8 Å². The molecule has 1 aromatic rings. The molecule has 1 atom stereocenters. The van der Waals surface area contributed by atoms with Crippen LogP contribution in [0.25, 0.3) is 0 Å². The Balaban J connectivity index is 2.87. The van der Waals surface area contributed by atoms with Gasteiger partial charge in [-0.1, -0.05) is 12.1 Å². The van der Waals surface area contributed by atoms with Crippen molar-refractivity contribution in [2.24, 2.45) is 5.73 Å². The van der Waals surface area contributed by atoms with Crippen LogP contribution in [0.1, 0.15) is 30.0 Å². The lowest BCUT2D eigenvalue weighted by atomic mass is 10.0. The monoisotopic (exact) mass is 289 g/mol. The molecule has 3 nitrogen and oxygen atoms in total. The van der Waals surface area contributed by atoms with E-state index in [1.54, 1.807) is 19.1 Å². The van der Waals surface area contributed by atoms with Gasteiger partial charge in [0.2, 0.25) is 0 Å². The smallest absolute Gasteiger partial charge is 0.303 e. The lowest BCUT2D eigenvalue weighted by Gasteiger charge is -2.14. The van der Waals surface area contributed by atoms with Crippen molar-refractivity contribution in [2.75, 3.05) is 0 Å². The van der Waals surface area contributed by atoms with E-state index < -0.39 is 12.0 Å². The molecule has 1 unspecified atom stereocenters. The molecule has 3 N–H and O–H groups in total. The Labute approximate surface area is 102 Å². The second-order valence-corrected chi connectivity index (χ2v) is 4.43. The van der Waals surface area contributed by atoms with Crippen LogP contribution in [0.2, 0.25) is 0 Å². The van der Waals surface area contributed by atoms with Gasteiger partial charge >= 0.3 is 5.97 Å². The molecule has 0 saturated carbocycles. The van der Waals surface area contributed by atoms with Crippen LogP contribution < -0.4 is 5.73 Å². The summed E-state index contributed by atoms with van der Waals surface area (Å²) in [6.07, 6.45) is 0.263. The highest BCUT2D eigenvalue weighted by molar-refractivity contribution is 9.10. The van der Waals surface area contributed by atoms with Crippen LogP contribution >= 0.6 is 15.9 Å². The molecule has 0 saturated heterocycles. The average molecular weight is 290 g/mol. The summed E-state index contributed by atoms with van der Waals surface area (Å²) in [5.74, 6) is -1.25. The molecule has 0 heterocycles. The van der Waals surface area contributed by atoms with E-state index in [9.17, 15) is 9.18 Å². The summed E-state index contributed by atoms with van der Waals surface area (Å²) in [7, 11) is 0. The fourth-order valence-electron chi connectivity index (χ4n) is 1.38. The largest absolute Gasteiger partial charge is 0.481 e. The van der Waals surface area contributed by atoms with E-state index in [2.05, 4.69) is 15.9 Å². The first kappa shape index (κ1) is 13.1. The first-order chi connectivity index (χ1) is 7.43. The van der Waals surface area contributed by atoms with Gasteiger partial charge in [-0.2, -0.15) is 0 Å². The molecule has 0 aromatic heterocycles. The summed E-state index contributed by atoms with van der Waals surface area (Å²) in [5.41, 5.74) is 6.93. The molecule has 1 rings (SSSR count). The zero-order valence-corrected chi connectivity index (χ0v) is 10.4. The number of nitrogens with two attached hydrogens (primary N) is 1. The topological polar surface area (TPSA) is 63.3 Å². The molecule has 0 aliphatic carbocycles. The van der Waals surface area contributed by atoms with Gasteiger partial charge in [0.15, 0.2) is 0 Å². The molecule has 5 heteroatoms. The number of aryl methyl sites for hydroxylation is 1. The molecular formula is C11H13BrFNO2. The zero-order chi connectivity index (χ0) is 12.3. The summed E-state index contributed by atoms with van der Waals surface area (Å²) >= 11 is 3.14. The van der Waals surface area contributed by atoms with E-state index in [-0.39, 0.29) is 18.7 Å². The zero-order valence-electron chi connectivity index (χ0n) is 8.84. The SMILES string of the molecule is Cc1ccc(C(N)CCC(=O)O)c(Br)c1F. The molecule has 88 valence electrons. The third kappa shape index (κ3) is 3.02. The van der Waals surface area contributed by atoms with Crippen LogP contribution in [0.15, 0.2) is 16.6 Å². The molecule has 0 radical (unpaired) electrons. The molecule has 0 aliphatic heterocycles.